The molecule has 176 valence electrons. The van der Waals surface area contributed by atoms with Gasteiger partial charge < -0.3 is 5.32 Å². The number of hydrogen-bond donors (Lipinski definition) is 1. The fourth-order valence-corrected chi connectivity index (χ4v) is 5.24. The van der Waals surface area contributed by atoms with E-state index < -0.39 is 0 Å². The fraction of sp³-hybridized carbons (Fsp3) is 0.233. The molecule has 0 spiro atoms. The van der Waals surface area contributed by atoms with Crippen LogP contribution in [-0.4, -0.2) is 35.7 Å². The Kier molecular flexibility index (Phi) is 5.85. The van der Waals surface area contributed by atoms with E-state index in [4.69, 9.17) is 0 Å². The van der Waals surface area contributed by atoms with Crippen LogP contribution in [0.2, 0.25) is 0 Å². The fourth-order valence-electron chi connectivity index (χ4n) is 5.24. The first-order chi connectivity index (χ1) is 17.1. The normalized spacial score (nSPS) is 13.1. The molecule has 6 rings (SSSR count). The molecule has 5 aromatic rings. The third-order valence-corrected chi connectivity index (χ3v) is 6.73. The second-order valence-corrected chi connectivity index (χ2v) is 8.64. The molecule has 0 saturated carbocycles. The summed E-state index contributed by atoms with van der Waals surface area (Å²) >= 11 is 0. The van der Waals surface area contributed by atoms with Gasteiger partial charge in [0, 0.05) is 36.0 Å². The van der Waals surface area contributed by atoms with Crippen molar-refractivity contribution < 1.29 is 14.4 Å². The largest absolute Gasteiger partial charge is 0.356 e. The summed E-state index contributed by atoms with van der Waals surface area (Å²) in [5.41, 5.74) is 1.04. The molecule has 0 atom stereocenters. The van der Waals surface area contributed by atoms with Crippen molar-refractivity contribution in [3.05, 3.63) is 71.8 Å². The number of amides is 3. The van der Waals surface area contributed by atoms with Gasteiger partial charge in [-0.2, -0.15) is 0 Å². The number of nitrogens with zero attached hydrogens (tertiary/aromatic N) is 1. The third-order valence-electron chi connectivity index (χ3n) is 6.73. The molecule has 0 unspecified atom stereocenters. The van der Waals surface area contributed by atoms with Crippen LogP contribution in [-0.2, 0) is 4.79 Å². The van der Waals surface area contributed by atoms with E-state index >= 15 is 0 Å². The number of nitrogens with one attached hydrogen (secondary N) is 1. The Morgan fingerprint density at radius 2 is 1.29 bits per heavy atom. The molecule has 0 bridgehead atoms. The van der Waals surface area contributed by atoms with Gasteiger partial charge in [-0.1, -0.05) is 69.3 Å². The molecule has 1 aliphatic rings. The molecule has 0 fully saturated rings. The maximum absolute atomic E-state index is 13.4. The van der Waals surface area contributed by atoms with E-state index in [0.717, 1.165) is 38.7 Å². The molecule has 0 radical (unpaired) electrons. The van der Waals surface area contributed by atoms with Crippen molar-refractivity contribution in [2.75, 3.05) is 13.1 Å². The average Bonchev–Trinajstić information content (AvgIpc) is 2.90. The Bertz CT molecular complexity index is 1520. The van der Waals surface area contributed by atoms with Crippen molar-refractivity contribution >= 4 is 60.8 Å². The Labute approximate surface area is 204 Å². The minimum absolute atomic E-state index is 0.0692. The summed E-state index contributed by atoms with van der Waals surface area (Å²) in [5, 5.41) is 11.2. The number of carbonyl (C=O) groups excluding carboxylic acids is 3. The lowest BCUT2D eigenvalue weighted by Crippen LogP contribution is -2.42. The maximum Gasteiger partial charge on any atom is 0.261 e. The molecule has 5 nitrogen and oxygen atoms in total. The van der Waals surface area contributed by atoms with Crippen LogP contribution in [0.15, 0.2) is 60.7 Å². The van der Waals surface area contributed by atoms with Crippen LogP contribution in [0.3, 0.4) is 0 Å². The van der Waals surface area contributed by atoms with Gasteiger partial charge in [0.05, 0.1) is 0 Å². The van der Waals surface area contributed by atoms with E-state index in [1.165, 1.54) is 15.7 Å². The smallest absolute Gasteiger partial charge is 0.261 e. The predicted octanol–water partition coefficient (Wildman–Crippen LogP) is 6.28. The van der Waals surface area contributed by atoms with Gasteiger partial charge in [0.15, 0.2) is 0 Å². The van der Waals surface area contributed by atoms with Gasteiger partial charge in [-0.3, -0.25) is 19.3 Å². The molecule has 0 aliphatic carbocycles. The molecule has 5 aromatic carbocycles. The van der Waals surface area contributed by atoms with Gasteiger partial charge in [0.2, 0.25) is 5.91 Å². The number of fused-ring (bicyclic) bond motifs is 2. The minimum Gasteiger partial charge on any atom is -0.356 e. The lowest BCUT2D eigenvalue weighted by Gasteiger charge is -2.28. The summed E-state index contributed by atoms with van der Waals surface area (Å²) in [7, 11) is 0. The van der Waals surface area contributed by atoms with E-state index in [0.29, 0.717) is 17.7 Å². The quantitative estimate of drug-likeness (QED) is 0.189. The number of rotatable bonds is 5. The van der Waals surface area contributed by atoms with E-state index in [-0.39, 0.29) is 30.7 Å². The van der Waals surface area contributed by atoms with Crippen molar-refractivity contribution in [3.63, 3.8) is 0 Å². The summed E-state index contributed by atoms with van der Waals surface area (Å²) in [6, 6.07) is 20.2. The van der Waals surface area contributed by atoms with Gasteiger partial charge in [-0.15, -0.1) is 0 Å². The molecule has 35 heavy (non-hydrogen) atoms. The zero-order chi connectivity index (χ0) is 24.7. The lowest BCUT2D eigenvalue weighted by molar-refractivity contribution is -0.121. The van der Waals surface area contributed by atoms with Crippen LogP contribution in [0.4, 0.5) is 0 Å². The maximum atomic E-state index is 13.4. The van der Waals surface area contributed by atoms with Crippen LogP contribution in [0.5, 0.6) is 0 Å². The number of benzene rings is 5. The molecule has 3 amide bonds. The van der Waals surface area contributed by atoms with Crippen molar-refractivity contribution in [2.24, 2.45) is 0 Å². The number of hydrogen-bond acceptors (Lipinski definition) is 3. The second kappa shape index (κ2) is 8.99. The SMILES string of the molecule is CC.CCCNC(=O)CCN1C(=O)c2ccc3c4cccc5cccc(c6ccc(c2c36)C1=O)c54. The molecular formula is C30H28N2O3. The van der Waals surface area contributed by atoms with Gasteiger partial charge in [0.25, 0.3) is 11.8 Å². The van der Waals surface area contributed by atoms with E-state index in [2.05, 4.69) is 29.6 Å². The Balaban J connectivity index is 0.00000124. The zero-order valence-electron chi connectivity index (χ0n) is 20.3. The molecule has 0 aromatic heterocycles. The van der Waals surface area contributed by atoms with Crippen LogP contribution in [0, 0.1) is 0 Å². The van der Waals surface area contributed by atoms with Crippen molar-refractivity contribution in [2.45, 2.75) is 33.6 Å². The van der Waals surface area contributed by atoms with Crippen molar-refractivity contribution in [3.8, 4) is 0 Å². The highest BCUT2D eigenvalue weighted by molar-refractivity contribution is 6.38. The molecule has 1 aliphatic heterocycles. The number of carbonyl (C=O) groups is 3. The van der Waals surface area contributed by atoms with Gasteiger partial charge in [-0.25, -0.2) is 0 Å². The van der Waals surface area contributed by atoms with Crippen LogP contribution >= 0.6 is 0 Å². The van der Waals surface area contributed by atoms with Crippen molar-refractivity contribution in [1.29, 1.82) is 0 Å². The van der Waals surface area contributed by atoms with Gasteiger partial charge in [0.1, 0.15) is 0 Å². The lowest BCUT2D eigenvalue weighted by atomic mass is 9.85. The summed E-state index contributed by atoms with van der Waals surface area (Å²) in [5.74, 6) is -0.827. The molecule has 0 saturated heterocycles. The highest BCUT2D eigenvalue weighted by Crippen LogP contribution is 2.43. The van der Waals surface area contributed by atoms with Crippen LogP contribution in [0.25, 0.3) is 43.1 Å². The second-order valence-electron chi connectivity index (χ2n) is 8.64. The highest BCUT2D eigenvalue weighted by Gasteiger charge is 2.34. The monoisotopic (exact) mass is 464 g/mol. The Morgan fingerprint density at radius 3 is 1.83 bits per heavy atom. The van der Waals surface area contributed by atoms with Crippen molar-refractivity contribution in [1.82, 2.24) is 10.2 Å². The molecule has 5 heteroatoms. The van der Waals surface area contributed by atoms with Crippen LogP contribution < -0.4 is 5.32 Å². The first-order valence-corrected chi connectivity index (χ1v) is 12.3. The van der Waals surface area contributed by atoms with E-state index in [1.807, 2.05) is 57.2 Å². The van der Waals surface area contributed by atoms with E-state index in [9.17, 15) is 14.4 Å². The molecule has 1 heterocycles. The topological polar surface area (TPSA) is 66.5 Å². The zero-order valence-corrected chi connectivity index (χ0v) is 20.3. The summed E-state index contributed by atoms with van der Waals surface area (Å²) in [6.45, 7) is 6.63. The summed E-state index contributed by atoms with van der Waals surface area (Å²) < 4.78 is 0. The third kappa shape index (κ3) is 3.42. The van der Waals surface area contributed by atoms with Crippen LogP contribution in [0.1, 0.15) is 54.3 Å². The minimum atomic E-state index is -0.337. The first-order valence-electron chi connectivity index (χ1n) is 12.3. The highest BCUT2D eigenvalue weighted by atomic mass is 16.2. The average molecular weight is 465 g/mol. The van der Waals surface area contributed by atoms with Gasteiger partial charge >= 0.3 is 0 Å². The predicted molar refractivity (Wildman–Crippen MR) is 142 cm³/mol. The van der Waals surface area contributed by atoms with Gasteiger partial charge in [-0.05, 0) is 56.3 Å². The Hall–Kier alpha value is -3.99. The molecular weight excluding hydrogens is 436 g/mol. The van der Waals surface area contributed by atoms with E-state index in [1.54, 1.807) is 0 Å². The first kappa shape index (κ1) is 22.8. The molecule has 1 N–H and O–H groups in total. The summed E-state index contributed by atoms with van der Waals surface area (Å²) in [6.07, 6.45) is 0.936. The summed E-state index contributed by atoms with van der Waals surface area (Å²) in [4.78, 5) is 40.0. The Morgan fingerprint density at radius 1 is 0.743 bits per heavy atom. The standard InChI is InChI=1S/C28H22N2O3.C2H6/c1-2-14-29-23(31)13-15-30-27(32)21-11-9-19-17-7-3-5-16-6-4-8-18(24(16)17)20-10-12-22(28(30)33)26(21)25(19)20;1-2/h3-12H,2,13-15H2,1H3,(H,29,31);1-2H3. The number of imide groups is 1.